The van der Waals surface area contributed by atoms with Crippen molar-refractivity contribution in [1.82, 2.24) is 19.6 Å². The number of hydrogen-bond donors (Lipinski definition) is 2. The summed E-state index contributed by atoms with van der Waals surface area (Å²) in [5, 5.41) is 6.23. The standard InChI is InChI=1S/C20H19N5O4/c1-3-28-17(26)12-6-5-7-14(10-12)21-19-23-20-22-15-11-13(18(27)29-4-2)8-9-16(15)25(20)24-19/h5-11H,3-4H2,1-2H3,(H2,21,22,23,24). The highest BCUT2D eigenvalue weighted by atomic mass is 16.5. The van der Waals surface area contributed by atoms with E-state index in [0.717, 1.165) is 5.52 Å². The molecule has 0 atom stereocenters. The summed E-state index contributed by atoms with van der Waals surface area (Å²) in [6.07, 6.45) is 0. The number of aromatic amines is 1. The van der Waals surface area contributed by atoms with Crippen molar-refractivity contribution in [3.05, 3.63) is 53.6 Å². The van der Waals surface area contributed by atoms with E-state index in [-0.39, 0.29) is 11.9 Å². The van der Waals surface area contributed by atoms with Gasteiger partial charge in [-0.05, 0) is 50.2 Å². The number of aromatic nitrogens is 4. The molecule has 0 radical (unpaired) electrons. The van der Waals surface area contributed by atoms with Crippen LogP contribution in [0, 0.1) is 0 Å². The van der Waals surface area contributed by atoms with E-state index in [1.54, 1.807) is 54.8 Å². The fourth-order valence-corrected chi connectivity index (χ4v) is 2.96. The average Bonchev–Trinajstić information content (AvgIpc) is 3.25. The van der Waals surface area contributed by atoms with Crippen molar-refractivity contribution < 1.29 is 19.1 Å². The third kappa shape index (κ3) is 3.62. The second-order valence-electron chi connectivity index (χ2n) is 6.17. The number of nitrogens with one attached hydrogen (secondary N) is 2. The first kappa shape index (κ1) is 18.5. The number of fused-ring (bicyclic) bond motifs is 3. The Morgan fingerprint density at radius 2 is 1.72 bits per heavy atom. The number of rotatable bonds is 6. The zero-order valence-corrected chi connectivity index (χ0v) is 15.9. The number of carbonyl (C=O) groups excluding carboxylic acids is 2. The van der Waals surface area contributed by atoms with E-state index in [2.05, 4.69) is 20.4 Å². The maximum Gasteiger partial charge on any atom is 0.338 e. The lowest BCUT2D eigenvalue weighted by Crippen LogP contribution is -2.05. The molecule has 9 nitrogen and oxygen atoms in total. The van der Waals surface area contributed by atoms with Crippen molar-refractivity contribution in [2.24, 2.45) is 0 Å². The fraction of sp³-hybridized carbons (Fsp3) is 0.200. The van der Waals surface area contributed by atoms with Crippen LogP contribution in [0.15, 0.2) is 42.5 Å². The van der Waals surface area contributed by atoms with Gasteiger partial charge in [-0.25, -0.2) is 19.1 Å². The Bertz CT molecular complexity index is 1210. The third-order valence-corrected chi connectivity index (χ3v) is 4.21. The van der Waals surface area contributed by atoms with Gasteiger partial charge in [0, 0.05) is 5.69 Å². The van der Waals surface area contributed by atoms with Crippen LogP contribution in [-0.2, 0) is 9.47 Å². The molecule has 2 aromatic heterocycles. The van der Waals surface area contributed by atoms with Crippen LogP contribution >= 0.6 is 0 Å². The molecule has 2 heterocycles. The van der Waals surface area contributed by atoms with Gasteiger partial charge in [0.2, 0.25) is 5.95 Å². The summed E-state index contributed by atoms with van der Waals surface area (Å²) in [6.45, 7) is 4.15. The summed E-state index contributed by atoms with van der Waals surface area (Å²) in [5.74, 6) is 0.145. The number of nitrogens with zero attached hydrogens (tertiary/aromatic N) is 3. The molecule has 0 unspecified atom stereocenters. The molecule has 2 aromatic carbocycles. The summed E-state index contributed by atoms with van der Waals surface area (Å²) < 4.78 is 11.8. The van der Waals surface area contributed by atoms with Gasteiger partial charge in [0.05, 0.1) is 35.4 Å². The molecule has 4 aromatic rings. The summed E-state index contributed by atoms with van der Waals surface area (Å²) >= 11 is 0. The van der Waals surface area contributed by atoms with Gasteiger partial charge in [-0.1, -0.05) is 6.07 Å². The second kappa shape index (κ2) is 7.63. The van der Waals surface area contributed by atoms with Crippen LogP contribution in [0.3, 0.4) is 0 Å². The highest BCUT2D eigenvalue weighted by Gasteiger charge is 2.14. The van der Waals surface area contributed by atoms with Crippen molar-refractivity contribution in [3.8, 4) is 0 Å². The van der Waals surface area contributed by atoms with Gasteiger partial charge in [0.15, 0.2) is 0 Å². The van der Waals surface area contributed by atoms with Gasteiger partial charge in [0.1, 0.15) is 0 Å². The molecule has 0 saturated heterocycles. The Morgan fingerprint density at radius 3 is 2.45 bits per heavy atom. The van der Waals surface area contributed by atoms with E-state index < -0.39 is 0 Å². The van der Waals surface area contributed by atoms with Gasteiger partial charge in [0.25, 0.3) is 5.78 Å². The van der Waals surface area contributed by atoms with Gasteiger partial charge in [-0.3, -0.25) is 5.10 Å². The lowest BCUT2D eigenvalue weighted by Gasteiger charge is -2.05. The van der Waals surface area contributed by atoms with E-state index >= 15 is 0 Å². The average molecular weight is 393 g/mol. The minimum absolute atomic E-state index is 0.314. The maximum atomic E-state index is 11.9. The van der Waals surface area contributed by atoms with Crippen molar-refractivity contribution in [2.75, 3.05) is 18.5 Å². The second-order valence-corrected chi connectivity index (χ2v) is 6.17. The first-order valence-corrected chi connectivity index (χ1v) is 9.18. The first-order valence-electron chi connectivity index (χ1n) is 9.18. The largest absolute Gasteiger partial charge is 0.462 e. The predicted octanol–water partition coefficient (Wildman–Crippen LogP) is 3.31. The molecule has 0 fully saturated rings. The summed E-state index contributed by atoms with van der Waals surface area (Å²) in [7, 11) is 0. The van der Waals surface area contributed by atoms with Gasteiger partial charge >= 0.3 is 11.9 Å². The normalized spacial score (nSPS) is 11.0. The molecule has 2 N–H and O–H groups in total. The minimum Gasteiger partial charge on any atom is -0.462 e. The highest BCUT2D eigenvalue weighted by molar-refractivity contribution is 5.94. The first-order chi connectivity index (χ1) is 14.1. The summed E-state index contributed by atoms with van der Waals surface area (Å²) in [6, 6.07) is 12.1. The fourth-order valence-electron chi connectivity index (χ4n) is 2.96. The Hall–Kier alpha value is -3.88. The smallest absolute Gasteiger partial charge is 0.338 e. The summed E-state index contributed by atoms with van der Waals surface area (Å²) in [4.78, 5) is 32.7. The van der Waals surface area contributed by atoms with Crippen molar-refractivity contribution >= 4 is 40.4 Å². The molecule has 29 heavy (non-hydrogen) atoms. The van der Waals surface area contributed by atoms with E-state index in [0.29, 0.717) is 47.3 Å². The van der Waals surface area contributed by atoms with Crippen LogP contribution in [0.25, 0.3) is 16.8 Å². The van der Waals surface area contributed by atoms with E-state index in [4.69, 9.17) is 9.47 Å². The molecule has 0 aliphatic rings. The van der Waals surface area contributed by atoms with Crippen LogP contribution in [-0.4, -0.2) is 44.7 Å². The number of ether oxygens (including phenoxy) is 2. The molecule has 9 heteroatoms. The van der Waals surface area contributed by atoms with Crippen molar-refractivity contribution in [2.45, 2.75) is 13.8 Å². The number of benzene rings is 2. The monoisotopic (exact) mass is 393 g/mol. The number of anilines is 2. The zero-order valence-electron chi connectivity index (χ0n) is 15.9. The topological polar surface area (TPSA) is 111 Å². The number of carbonyl (C=O) groups is 2. The SMILES string of the molecule is CCOC(=O)c1cccc(Nc2nc3nc4cc(C(=O)OCC)ccc4n3[nH]2)c1. The van der Waals surface area contributed by atoms with E-state index in [1.165, 1.54) is 0 Å². The Kier molecular flexibility index (Phi) is 4.86. The molecule has 0 aliphatic heterocycles. The zero-order chi connectivity index (χ0) is 20.4. The van der Waals surface area contributed by atoms with E-state index in [1.807, 2.05) is 6.07 Å². The molecule has 0 saturated carbocycles. The third-order valence-electron chi connectivity index (χ3n) is 4.21. The molecule has 4 rings (SSSR count). The Labute approximate surface area is 165 Å². The number of H-pyrrole nitrogens is 1. The van der Waals surface area contributed by atoms with Crippen LogP contribution in [0.1, 0.15) is 34.6 Å². The quantitative estimate of drug-likeness (QED) is 0.484. The van der Waals surface area contributed by atoms with Crippen LogP contribution in [0.5, 0.6) is 0 Å². The Morgan fingerprint density at radius 1 is 1.00 bits per heavy atom. The molecular formula is C20H19N5O4. The maximum absolute atomic E-state index is 11.9. The predicted molar refractivity (Wildman–Crippen MR) is 106 cm³/mol. The number of hydrogen-bond acceptors (Lipinski definition) is 7. The molecular weight excluding hydrogens is 374 g/mol. The minimum atomic E-state index is -0.386. The van der Waals surface area contributed by atoms with Crippen LogP contribution < -0.4 is 5.32 Å². The highest BCUT2D eigenvalue weighted by Crippen LogP contribution is 2.21. The molecule has 0 amide bonds. The number of esters is 2. The van der Waals surface area contributed by atoms with Gasteiger partial charge in [-0.15, -0.1) is 0 Å². The van der Waals surface area contributed by atoms with E-state index in [9.17, 15) is 9.59 Å². The van der Waals surface area contributed by atoms with Gasteiger partial charge in [-0.2, -0.15) is 4.98 Å². The Balaban J connectivity index is 1.60. The molecule has 0 aliphatic carbocycles. The summed E-state index contributed by atoms with van der Waals surface area (Å²) in [5.41, 5.74) is 2.97. The number of imidazole rings is 1. The van der Waals surface area contributed by atoms with Crippen LogP contribution in [0.2, 0.25) is 0 Å². The van der Waals surface area contributed by atoms with Gasteiger partial charge < -0.3 is 14.8 Å². The van der Waals surface area contributed by atoms with Crippen LogP contribution in [0.4, 0.5) is 11.6 Å². The van der Waals surface area contributed by atoms with Crippen molar-refractivity contribution in [3.63, 3.8) is 0 Å². The molecule has 0 bridgehead atoms. The molecule has 0 spiro atoms. The molecule has 148 valence electrons. The van der Waals surface area contributed by atoms with Crippen molar-refractivity contribution in [1.29, 1.82) is 0 Å². The lowest BCUT2D eigenvalue weighted by atomic mass is 10.2. The lowest BCUT2D eigenvalue weighted by molar-refractivity contribution is 0.0517.